The summed E-state index contributed by atoms with van der Waals surface area (Å²) in [4.78, 5) is 43.2. The number of benzene rings is 3. The molecule has 0 unspecified atom stereocenters. The molecule has 7 rings (SSSR count). The van der Waals surface area contributed by atoms with Crippen LogP contribution in [0.2, 0.25) is 0 Å². The average Bonchev–Trinajstić information content (AvgIpc) is 3.79. The molecule has 2 amide bonds. The lowest BCUT2D eigenvalue weighted by Crippen LogP contribution is -2.57. The van der Waals surface area contributed by atoms with Crippen molar-refractivity contribution in [1.29, 1.82) is 0 Å². The zero-order valence-electron chi connectivity index (χ0n) is 28.8. The normalized spacial score (nSPS) is 27.4. The van der Waals surface area contributed by atoms with Crippen LogP contribution in [0.15, 0.2) is 60.7 Å². The number of methoxy groups -OCH3 is 2. The number of carbonyl (C=O) groups excluding carboxylic acids is 3. The van der Waals surface area contributed by atoms with Crippen molar-refractivity contribution < 1.29 is 47.9 Å². The van der Waals surface area contributed by atoms with E-state index in [0.29, 0.717) is 48.4 Å². The molecule has 1 saturated heterocycles. The minimum absolute atomic E-state index is 0.0927. The molecule has 2 N–H and O–H groups in total. The second kappa shape index (κ2) is 12.7. The summed E-state index contributed by atoms with van der Waals surface area (Å²) in [5, 5.41) is 16.7. The molecule has 4 aliphatic rings. The Bertz CT molecular complexity index is 1800. The van der Waals surface area contributed by atoms with Crippen LogP contribution in [0.5, 0.6) is 28.7 Å². The number of hydrogen-bond donors (Lipinski definition) is 2. The van der Waals surface area contributed by atoms with Gasteiger partial charge in [0.25, 0.3) is 0 Å². The quantitative estimate of drug-likeness (QED) is 0.312. The smallest absolute Gasteiger partial charge is 0.303 e. The van der Waals surface area contributed by atoms with Crippen LogP contribution in [0.25, 0.3) is 0 Å². The Kier molecular flexibility index (Phi) is 8.53. The van der Waals surface area contributed by atoms with Crippen molar-refractivity contribution in [3.05, 3.63) is 77.4 Å². The number of fused-ring (bicyclic) bond motifs is 5. The molecule has 264 valence electrons. The largest absolute Gasteiger partial charge is 0.497 e. The summed E-state index contributed by atoms with van der Waals surface area (Å²) < 4.78 is 36.3. The summed E-state index contributed by atoms with van der Waals surface area (Å²) in [5.41, 5.74) is -2.58. The van der Waals surface area contributed by atoms with Crippen LogP contribution in [0.4, 0.5) is 0 Å². The first-order valence-electron chi connectivity index (χ1n) is 16.9. The number of likely N-dealkylation sites (tertiary alicyclic amines) is 1. The third kappa shape index (κ3) is 5.10. The minimum atomic E-state index is -2.24. The molecule has 0 aromatic heterocycles. The zero-order valence-corrected chi connectivity index (χ0v) is 28.8. The standard InChI is InChI=1S/C38H42N2O10/c1-21(2)18-29(42)39-28-12-9-17-40(28)35(43)32-30(23-10-7-6-8-11-23)38(24-13-15-25(45-4)16-14-24)36(49-22(3)41)37(32,44)31-26(50-38)19-27-33(34(31)46-5)48-20-47-27/h6-8,10-11,13-16,19,21,28,30,32,36,44H,9,12,17-18,20H2,1-5H3,(H,39,42)/t28-,30-,32+,36+,37+,38+/m1/s1. The lowest BCUT2D eigenvalue weighted by atomic mass is 9.75. The third-order valence-corrected chi connectivity index (χ3v) is 10.2. The molecule has 0 spiro atoms. The molecule has 3 heterocycles. The highest BCUT2D eigenvalue weighted by molar-refractivity contribution is 5.87. The van der Waals surface area contributed by atoms with Gasteiger partial charge >= 0.3 is 5.97 Å². The molecule has 2 fully saturated rings. The molecule has 12 nitrogen and oxygen atoms in total. The van der Waals surface area contributed by atoms with Gasteiger partial charge in [0.2, 0.25) is 24.4 Å². The molecule has 1 saturated carbocycles. The van der Waals surface area contributed by atoms with Gasteiger partial charge in [-0.25, -0.2) is 0 Å². The maximum atomic E-state index is 15.4. The topological polar surface area (TPSA) is 142 Å². The van der Waals surface area contributed by atoms with Gasteiger partial charge in [0.1, 0.15) is 17.7 Å². The second-order valence-corrected chi connectivity index (χ2v) is 13.7. The highest BCUT2D eigenvalue weighted by Crippen LogP contribution is 2.70. The monoisotopic (exact) mass is 686 g/mol. The molecule has 6 atom stereocenters. The first-order chi connectivity index (χ1) is 24.0. The lowest BCUT2D eigenvalue weighted by Gasteiger charge is -2.46. The Balaban J connectivity index is 1.51. The fourth-order valence-electron chi connectivity index (χ4n) is 8.38. The van der Waals surface area contributed by atoms with Crippen molar-refractivity contribution in [2.75, 3.05) is 27.6 Å². The molecule has 3 aromatic carbocycles. The average molecular weight is 687 g/mol. The Hall–Kier alpha value is -4.97. The van der Waals surface area contributed by atoms with E-state index >= 15 is 4.79 Å². The Labute approximate surface area is 290 Å². The molecular formula is C38H42N2O10. The van der Waals surface area contributed by atoms with E-state index in [0.717, 1.165) is 0 Å². The van der Waals surface area contributed by atoms with E-state index in [9.17, 15) is 14.7 Å². The van der Waals surface area contributed by atoms with E-state index in [4.69, 9.17) is 28.4 Å². The van der Waals surface area contributed by atoms with Crippen molar-refractivity contribution >= 4 is 17.8 Å². The van der Waals surface area contributed by atoms with E-state index in [1.807, 2.05) is 44.2 Å². The maximum absolute atomic E-state index is 15.4. The van der Waals surface area contributed by atoms with Gasteiger partial charge in [0, 0.05) is 37.4 Å². The first-order valence-corrected chi connectivity index (χ1v) is 16.9. The number of aliphatic hydroxyl groups is 1. The highest BCUT2D eigenvalue weighted by atomic mass is 16.7. The van der Waals surface area contributed by atoms with E-state index in [2.05, 4.69) is 5.32 Å². The van der Waals surface area contributed by atoms with Gasteiger partial charge in [-0.1, -0.05) is 56.3 Å². The van der Waals surface area contributed by atoms with Crippen LogP contribution in [-0.4, -0.2) is 67.6 Å². The van der Waals surface area contributed by atoms with Gasteiger partial charge in [-0.3, -0.25) is 14.4 Å². The van der Waals surface area contributed by atoms with Gasteiger partial charge in [0.05, 0.1) is 25.7 Å². The highest BCUT2D eigenvalue weighted by Gasteiger charge is 2.78. The van der Waals surface area contributed by atoms with Crippen LogP contribution in [0, 0.1) is 11.8 Å². The predicted octanol–water partition coefficient (Wildman–Crippen LogP) is 4.36. The van der Waals surface area contributed by atoms with E-state index in [1.165, 1.54) is 14.0 Å². The summed E-state index contributed by atoms with van der Waals surface area (Å²) in [6.07, 6.45) is -0.566. The van der Waals surface area contributed by atoms with Gasteiger partial charge in [-0.05, 0) is 36.5 Å². The van der Waals surface area contributed by atoms with Crippen LogP contribution in [0.1, 0.15) is 62.6 Å². The zero-order chi connectivity index (χ0) is 35.4. The Morgan fingerprint density at radius 2 is 1.76 bits per heavy atom. The summed E-state index contributed by atoms with van der Waals surface area (Å²) >= 11 is 0. The predicted molar refractivity (Wildman–Crippen MR) is 179 cm³/mol. The summed E-state index contributed by atoms with van der Waals surface area (Å²) in [6.45, 7) is 5.43. The van der Waals surface area contributed by atoms with Gasteiger partial charge in [-0.2, -0.15) is 0 Å². The van der Waals surface area contributed by atoms with E-state index < -0.39 is 47.2 Å². The van der Waals surface area contributed by atoms with Crippen molar-refractivity contribution in [1.82, 2.24) is 10.2 Å². The van der Waals surface area contributed by atoms with Crippen molar-refractivity contribution in [2.45, 2.75) is 69.4 Å². The molecular weight excluding hydrogens is 644 g/mol. The molecule has 2 bridgehead atoms. The SMILES string of the molecule is COc1ccc([C@]23Oc4cc5c(c(OC)c4[C@](O)([C@H](C(=O)N4CCC[C@@H]4NC(=O)CC(C)C)[C@H]2c2ccccc2)[C@@H]3OC(C)=O)OCO5)cc1. The van der Waals surface area contributed by atoms with E-state index in [1.54, 1.807) is 42.3 Å². The number of hydrogen-bond acceptors (Lipinski definition) is 10. The minimum Gasteiger partial charge on any atom is -0.497 e. The van der Waals surface area contributed by atoms with Crippen molar-refractivity contribution in [3.8, 4) is 28.7 Å². The lowest BCUT2D eigenvalue weighted by molar-refractivity contribution is -0.196. The Morgan fingerprint density at radius 3 is 2.42 bits per heavy atom. The maximum Gasteiger partial charge on any atom is 0.303 e. The van der Waals surface area contributed by atoms with E-state index in [-0.39, 0.29) is 41.4 Å². The molecule has 3 aromatic rings. The molecule has 1 aliphatic carbocycles. The van der Waals surface area contributed by atoms with Crippen molar-refractivity contribution in [3.63, 3.8) is 0 Å². The van der Waals surface area contributed by atoms with Crippen LogP contribution in [0.3, 0.4) is 0 Å². The number of nitrogens with zero attached hydrogens (tertiary/aromatic N) is 1. The molecule has 3 aliphatic heterocycles. The third-order valence-electron chi connectivity index (χ3n) is 10.2. The number of nitrogens with one attached hydrogen (secondary N) is 1. The second-order valence-electron chi connectivity index (χ2n) is 13.7. The van der Waals surface area contributed by atoms with Crippen molar-refractivity contribution in [2.24, 2.45) is 11.8 Å². The first kappa shape index (κ1) is 33.5. The number of carbonyl (C=O) groups is 3. The number of amides is 2. The van der Waals surface area contributed by atoms with Crippen LogP contribution >= 0.6 is 0 Å². The van der Waals surface area contributed by atoms with Crippen LogP contribution in [-0.2, 0) is 30.3 Å². The molecule has 0 radical (unpaired) electrons. The summed E-state index contributed by atoms with van der Waals surface area (Å²) in [6, 6.07) is 18.0. The number of rotatable bonds is 9. The summed E-state index contributed by atoms with van der Waals surface area (Å²) in [5.74, 6) is -1.96. The Morgan fingerprint density at radius 1 is 1.02 bits per heavy atom. The number of esters is 1. The fourth-order valence-corrected chi connectivity index (χ4v) is 8.38. The number of ether oxygens (including phenoxy) is 6. The molecule has 12 heteroatoms. The fraction of sp³-hybridized carbons (Fsp3) is 0.447. The van der Waals surface area contributed by atoms with Crippen LogP contribution < -0.4 is 29.0 Å². The molecule has 50 heavy (non-hydrogen) atoms. The van der Waals surface area contributed by atoms with Gasteiger partial charge < -0.3 is 43.7 Å². The summed E-state index contributed by atoms with van der Waals surface area (Å²) in [7, 11) is 2.98. The van der Waals surface area contributed by atoms with Gasteiger partial charge in [-0.15, -0.1) is 0 Å². The van der Waals surface area contributed by atoms with Gasteiger partial charge in [0.15, 0.2) is 28.8 Å².